The first-order valence-electron chi connectivity index (χ1n) is 3.84. The van der Waals surface area contributed by atoms with Crippen LogP contribution in [0.2, 0.25) is 0 Å². The van der Waals surface area contributed by atoms with Crippen molar-refractivity contribution >= 4 is 5.91 Å². The van der Waals surface area contributed by atoms with Gasteiger partial charge in [0.25, 0.3) is 0 Å². The molecule has 1 saturated heterocycles. The fourth-order valence-corrected chi connectivity index (χ4v) is 1.12. The highest BCUT2D eigenvalue weighted by Gasteiger charge is 2.22. The Labute approximate surface area is 66.3 Å². The molecule has 64 valence electrons. The number of amides is 1. The molecular weight excluding hydrogens is 144 g/mol. The summed E-state index contributed by atoms with van der Waals surface area (Å²) in [6, 6.07) is 0.00477. The summed E-state index contributed by atoms with van der Waals surface area (Å²) in [4.78, 5) is 11.0. The van der Waals surface area contributed by atoms with Gasteiger partial charge in [-0.25, -0.2) is 0 Å². The van der Waals surface area contributed by atoms with Crippen LogP contribution in [0.1, 0.15) is 6.42 Å². The zero-order valence-corrected chi connectivity index (χ0v) is 6.72. The van der Waals surface area contributed by atoms with Crippen molar-refractivity contribution in [3.05, 3.63) is 0 Å². The molecule has 1 atom stereocenters. The first kappa shape index (κ1) is 8.49. The van der Waals surface area contributed by atoms with E-state index in [4.69, 9.17) is 4.74 Å². The van der Waals surface area contributed by atoms with Crippen LogP contribution in [0.3, 0.4) is 0 Å². The summed E-state index contributed by atoms with van der Waals surface area (Å²) in [7, 11) is 1.65. The standard InChI is InChI=1S/C7H14N2O2/c1-11-5-4-8-6-2-3-9-7(6)10/h6,8H,2-5H2,1H3,(H,9,10). The number of carbonyl (C=O) groups excluding carboxylic acids is 1. The third-order valence-electron chi connectivity index (χ3n) is 1.75. The highest BCUT2D eigenvalue weighted by molar-refractivity contribution is 5.83. The van der Waals surface area contributed by atoms with E-state index in [0.29, 0.717) is 6.61 Å². The predicted octanol–water partition coefficient (Wildman–Crippen LogP) is -0.889. The molecule has 4 heteroatoms. The van der Waals surface area contributed by atoms with E-state index in [-0.39, 0.29) is 11.9 Å². The van der Waals surface area contributed by atoms with Crippen LogP contribution in [-0.4, -0.2) is 38.8 Å². The van der Waals surface area contributed by atoms with E-state index in [2.05, 4.69) is 10.6 Å². The summed E-state index contributed by atoms with van der Waals surface area (Å²) in [5.41, 5.74) is 0. The Bertz CT molecular complexity index is 138. The minimum absolute atomic E-state index is 0.00477. The highest BCUT2D eigenvalue weighted by atomic mass is 16.5. The van der Waals surface area contributed by atoms with Gasteiger partial charge in [0.1, 0.15) is 0 Å². The topological polar surface area (TPSA) is 50.4 Å². The molecule has 11 heavy (non-hydrogen) atoms. The molecule has 1 fully saturated rings. The van der Waals surface area contributed by atoms with Gasteiger partial charge in [0.15, 0.2) is 0 Å². The Morgan fingerprint density at radius 2 is 2.64 bits per heavy atom. The lowest BCUT2D eigenvalue weighted by atomic mass is 10.2. The van der Waals surface area contributed by atoms with Gasteiger partial charge in [0.2, 0.25) is 5.91 Å². The third-order valence-corrected chi connectivity index (χ3v) is 1.75. The first-order valence-corrected chi connectivity index (χ1v) is 3.84. The summed E-state index contributed by atoms with van der Waals surface area (Å²) in [6.45, 7) is 2.20. The van der Waals surface area contributed by atoms with E-state index in [1.807, 2.05) is 0 Å². The van der Waals surface area contributed by atoms with Gasteiger partial charge in [0, 0.05) is 20.2 Å². The van der Waals surface area contributed by atoms with Crippen molar-refractivity contribution in [2.24, 2.45) is 0 Å². The van der Waals surface area contributed by atoms with E-state index < -0.39 is 0 Å². The van der Waals surface area contributed by atoms with Crippen molar-refractivity contribution in [1.29, 1.82) is 0 Å². The molecule has 0 aromatic rings. The van der Waals surface area contributed by atoms with Crippen LogP contribution in [-0.2, 0) is 9.53 Å². The van der Waals surface area contributed by atoms with Gasteiger partial charge in [-0.05, 0) is 6.42 Å². The number of methoxy groups -OCH3 is 1. The lowest BCUT2D eigenvalue weighted by molar-refractivity contribution is -0.120. The monoisotopic (exact) mass is 158 g/mol. The maximum absolute atomic E-state index is 11.0. The van der Waals surface area contributed by atoms with Gasteiger partial charge in [-0.3, -0.25) is 4.79 Å². The minimum Gasteiger partial charge on any atom is -0.383 e. The van der Waals surface area contributed by atoms with Crippen molar-refractivity contribution in [3.8, 4) is 0 Å². The summed E-state index contributed by atoms with van der Waals surface area (Å²) in [5.74, 6) is 0.112. The Kier molecular flexibility index (Phi) is 3.32. The fraction of sp³-hybridized carbons (Fsp3) is 0.857. The number of ether oxygens (including phenoxy) is 1. The summed E-state index contributed by atoms with van der Waals surface area (Å²) in [5, 5.41) is 5.85. The van der Waals surface area contributed by atoms with Crippen molar-refractivity contribution in [1.82, 2.24) is 10.6 Å². The van der Waals surface area contributed by atoms with Crippen molar-refractivity contribution in [2.45, 2.75) is 12.5 Å². The number of rotatable bonds is 4. The smallest absolute Gasteiger partial charge is 0.237 e. The molecule has 1 aliphatic rings. The van der Waals surface area contributed by atoms with Crippen molar-refractivity contribution in [3.63, 3.8) is 0 Å². The maximum Gasteiger partial charge on any atom is 0.237 e. The molecule has 1 amide bonds. The zero-order valence-electron chi connectivity index (χ0n) is 6.72. The molecule has 0 aliphatic carbocycles. The SMILES string of the molecule is COCCNC1CCNC1=O. The summed E-state index contributed by atoms with van der Waals surface area (Å²) >= 11 is 0. The number of carbonyl (C=O) groups is 1. The Hall–Kier alpha value is -0.610. The van der Waals surface area contributed by atoms with Crippen LogP contribution in [0.25, 0.3) is 0 Å². The number of hydrogen-bond acceptors (Lipinski definition) is 3. The Morgan fingerprint density at radius 1 is 1.82 bits per heavy atom. The molecule has 0 spiro atoms. The van der Waals surface area contributed by atoms with E-state index in [1.54, 1.807) is 7.11 Å². The van der Waals surface area contributed by atoms with Gasteiger partial charge < -0.3 is 15.4 Å². The van der Waals surface area contributed by atoms with Gasteiger partial charge >= 0.3 is 0 Å². The normalized spacial score (nSPS) is 23.7. The summed E-state index contributed by atoms with van der Waals surface area (Å²) in [6.07, 6.45) is 0.891. The van der Waals surface area contributed by atoms with Crippen LogP contribution < -0.4 is 10.6 Å². The van der Waals surface area contributed by atoms with E-state index in [9.17, 15) is 4.79 Å². The quantitative estimate of drug-likeness (QED) is 0.522. The molecular formula is C7H14N2O2. The first-order chi connectivity index (χ1) is 5.34. The molecule has 0 aromatic carbocycles. The van der Waals surface area contributed by atoms with Crippen molar-refractivity contribution < 1.29 is 9.53 Å². The second-order valence-electron chi connectivity index (χ2n) is 2.58. The molecule has 0 bridgehead atoms. The second kappa shape index (κ2) is 4.31. The molecule has 1 aliphatic heterocycles. The van der Waals surface area contributed by atoms with Gasteiger partial charge in [0.05, 0.1) is 12.6 Å². The van der Waals surface area contributed by atoms with Gasteiger partial charge in [-0.2, -0.15) is 0 Å². The van der Waals surface area contributed by atoms with Crippen LogP contribution in [0.15, 0.2) is 0 Å². The maximum atomic E-state index is 11.0. The van der Waals surface area contributed by atoms with Crippen LogP contribution in [0, 0.1) is 0 Å². The molecule has 0 aromatic heterocycles. The zero-order chi connectivity index (χ0) is 8.10. The van der Waals surface area contributed by atoms with Crippen LogP contribution in [0.5, 0.6) is 0 Å². The lowest BCUT2D eigenvalue weighted by Crippen LogP contribution is -2.37. The molecule has 1 rings (SSSR count). The highest BCUT2D eigenvalue weighted by Crippen LogP contribution is 1.97. The number of nitrogens with one attached hydrogen (secondary N) is 2. The van der Waals surface area contributed by atoms with Gasteiger partial charge in [-0.1, -0.05) is 0 Å². The Balaban J connectivity index is 2.10. The minimum atomic E-state index is 0.00477. The number of hydrogen-bond donors (Lipinski definition) is 2. The van der Waals surface area contributed by atoms with E-state index in [1.165, 1.54) is 0 Å². The van der Waals surface area contributed by atoms with Crippen molar-refractivity contribution in [2.75, 3.05) is 26.8 Å². The molecule has 0 saturated carbocycles. The molecule has 4 nitrogen and oxygen atoms in total. The largest absolute Gasteiger partial charge is 0.383 e. The van der Waals surface area contributed by atoms with Crippen LogP contribution >= 0.6 is 0 Å². The molecule has 0 radical (unpaired) electrons. The second-order valence-corrected chi connectivity index (χ2v) is 2.58. The lowest BCUT2D eigenvalue weighted by Gasteiger charge is -2.07. The average Bonchev–Trinajstić information content (AvgIpc) is 2.37. The molecule has 1 heterocycles. The molecule has 1 unspecified atom stereocenters. The summed E-state index contributed by atoms with van der Waals surface area (Å²) < 4.78 is 4.84. The van der Waals surface area contributed by atoms with Crippen LogP contribution in [0.4, 0.5) is 0 Å². The van der Waals surface area contributed by atoms with E-state index in [0.717, 1.165) is 19.5 Å². The molecule has 2 N–H and O–H groups in total. The van der Waals surface area contributed by atoms with E-state index >= 15 is 0 Å². The third kappa shape index (κ3) is 2.48. The van der Waals surface area contributed by atoms with Gasteiger partial charge in [-0.15, -0.1) is 0 Å². The average molecular weight is 158 g/mol. The predicted molar refractivity (Wildman–Crippen MR) is 41.3 cm³/mol. The Morgan fingerprint density at radius 3 is 3.18 bits per heavy atom. The fourth-order valence-electron chi connectivity index (χ4n) is 1.12.